The van der Waals surface area contributed by atoms with Crippen molar-refractivity contribution in [1.82, 2.24) is 4.90 Å². The molecule has 178 valence electrons. The Kier molecular flexibility index (Phi) is 7.63. The van der Waals surface area contributed by atoms with E-state index in [4.69, 9.17) is 9.47 Å². The second-order valence-corrected chi connectivity index (χ2v) is 9.99. The van der Waals surface area contributed by atoms with E-state index in [1.807, 2.05) is 20.8 Å². The summed E-state index contributed by atoms with van der Waals surface area (Å²) >= 11 is 0. The Morgan fingerprint density at radius 2 is 1.70 bits per heavy atom. The average Bonchev–Trinajstić information content (AvgIpc) is 2.78. The van der Waals surface area contributed by atoms with Gasteiger partial charge < -0.3 is 14.4 Å². The first-order chi connectivity index (χ1) is 15.6. The van der Waals surface area contributed by atoms with Gasteiger partial charge in [0.05, 0.1) is 12.7 Å². The highest BCUT2D eigenvalue weighted by atomic mass is 32.2. The molecule has 0 saturated carbocycles. The first kappa shape index (κ1) is 24.6. The molecule has 2 aromatic carbocycles. The second kappa shape index (κ2) is 10.2. The Morgan fingerprint density at radius 3 is 2.30 bits per heavy atom. The van der Waals surface area contributed by atoms with Crippen LogP contribution in [-0.2, 0) is 19.6 Å². The quantitative estimate of drug-likeness (QED) is 0.613. The van der Waals surface area contributed by atoms with E-state index in [1.54, 1.807) is 29.2 Å². The van der Waals surface area contributed by atoms with E-state index in [0.717, 1.165) is 24.8 Å². The van der Waals surface area contributed by atoms with Crippen molar-refractivity contribution in [3.8, 4) is 5.75 Å². The Hall–Kier alpha value is -3.07. The monoisotopic (exact) mass is 474 g/mol. The summed E-state index contributed by atoms with van der Waals surface area (Å²) in [5.41, 5.74) is 1.38. The number of esters is 1. The lowest BCUT2D eigenvalue weighted by atomic mass is 9.97. The number of piperidine rings is 1. The summed E-state index contributed by atoms with van der Waals surface area (Å²) in [4.78, 5) is 26.8. The minimum atomic E-state index is -4.05. The topological polar surface area (TPSA) is 102 Å². The van der Waals surface area contributed by atoms with E-state index in [9.17, 15) is 18.0 Å². The summed E-state index contributed by atoms with van der Waals surface area (Å²) in [5, 5.41) is 0. The van der Waals surface area contributed by atoms with Crippen LogP contribution in [0.1, 0.15) is 49.0 Å². The summed E-state index contributed by atoms with van der Waals surface area (Å²) in [5.74, 6) is -0.959. The number of rotatable bonds is 7. The lowest BCUT2D eigenvalue weighted by molar-refractivity contribution is -0.140. The molecule has 1 aliphatic rings. The number of benzene rings is 2. The van der Waals surface area contributed by atoms with E-state index in [2.05, 4.69) is 4.72 Å². The highest BCUT2D eigenvalue weighted by Gasteiger charge is 2.30. The smallest absolute Gasteiger partial charge is 0.338 e. The first-order valence-electron chi connectivity index (χ1n) is 10.9. The predicted molar refractivity (Wildman–Crippen MR) is 125 cm³/mol. The lowest BCUT2D eigenvalue weighted by Crippen LogP contribution is -2.49. The molecule has 1 saturated heterocycles. The Morgan fingerprint density at radius 1 is 1.06 bits per heavy atom. The molecule has 3 rings (SSSR count). The fourth-order valence-corrected chi connectivity index (χ4v) is 5.30. The summed E-state index contributed by atoms with van der Waals surface area (Å²) in [7, 11) is -2.70. The number of ether oxygens (including phenoxy) is 2. The maximum absolute atomic E-state index is 13.0. The number of likely N-dealkylation sites (tertiary alicyclic amines) is 1. The normalized spacial score (nSPS) is 18.5. The molecule has 1 amide bonds. The zero-order valence-corrected chi connectivity index (χ0v) is 20.1. The van der Waals surface area contributed by atoms with Crippen molar-refractivity contribution in [2.45, 2.75) is 57.0 Å². The number of nitrogens with one attached hydrogen (secondary N) is 1. The summed E-state index contributed by atoms with van der Waals surface area (Å²) in [6.07, 6.45) is 2.89. The van der Waals surface area contributed by atoms with Crippen LogP contribution >= 0.6 is 0 Å². The van der Waals surface area contributed by atoms with Crippen LogP contribution in [0.15, 0.2) is 47.4 Å². The molecule has 1 fully saturated rings. The van der Waals surface area contributed by atoms with Crippen molar-refractivity contribution in [3.63, 3.8) is 0 Å². The van der Waals surface area contributed by atoms with Gasteiger partial charge in [0.15, 0.2) is 6.61 Å². The van der Waals surface area contributed by atoms with E-state index in [-0.39, 0.29) is 34.2 Å². The zero-order chi connectivity index (χ0) is 24.2. The molecule has 2 aromatic rings. The van der Waals surface area contributed by atoms with Crippen molar-refractivity contribution >= 4 is 27.6 Å². The van der Waals surface area contributed by atoms with E-state index in [1.165, 1.54) is 25.3 Å². The lowest BCUT2D eigenvalue weighted by Gasteiger charge is -2.38. The molecular weight excluding hydrogens is 444 g/mol. The van der Waals surface area contributed by atoms with Gasteiger partial charge in [0.25, 0.3) is 15.9 Å². The molecule has 1 heterocycles. The first-order valence-corrected chi connectivity index (χ1v) is 12.4. The number of hydrogen-bond donors (Lipinski definition) is 1. The number of sulfonamides is 1. The van der Waals surface area contributed by atoms with Crippen LogP contribution in [0.2, 0.25) is 0 Å². The number of amides is 1. The van der Waals surface area contributed by atoms with Gasteiger partial charge in [-0.25, -0.2) is 13.2 Å². The number of nitrogens with zero attached hydrogens (tertiary/aromatic N) is 1. The minimum Gasteiger partial charge on any atom is -0.495 e. The maximum Gasteiger partial charge on any atom is 0.338 e. The van der Waals surface area contributed by atoms with Gasteiger partial charge in [-0.05, 0) is 70.4 Å². The molecule has 0 radical (unpaired) electrons. The molecule has 2 atom stereocenters. The molecule has 1 aliphatic heterocycles. The van der Waals surface area contributed by atoms with E-state index < -0.39 is 22.6 Å². The van der Waals surface area contributed by atoms with Crippen molar-refractivity contribution in [2.24, 2.45) is 0 Å². The van der Waals surface area contributed by atoms with Crippen molar-refractivity contribution in [2.75, 3.05) is 18.4 Å². The molecule has 8 nitrogen and oxygen atoms in total. The van der Waals surface area contributed by atoms with Gasteiger partial charge in [0.2, 0.25) is 0 Å². The average molecular weight is 475 g/mol. The van der Waals surface area contributed by atoms with Crippen LogP contribution in [0.3, 0.4) is 0 Å². The van der Waals surface area contributed by atoms with Crippen LogP contribution in [-0.4, -0.2) is 51.0 Å². The van der Waals surface area contributed by atoms with E-state index >= 15 is 0 Å². The van der Waals surface area contributed by atoms with Gasteiger partial charge in [-0.15, -0.1) is 0 Å². The molecule has 2 unspecified atom stereocenters. The third-order valence-corrected chi connectivity index (χ3v) is 7.20. The molecule has 0 bridgehead atoms. The van der Waals surface area contributed by atoms with Gasteiger partial charge in [-0.1, -0.05) is 17.7 Å². The fraction of sp³-hybridized carbons (Fsp3) is 0.417. The van der Waals surface area contributed by atoms with Gasteiger partial charge in [0, 0.05) is 17.8 Å². The van der Waals surface area contributed by atoms with Crippen LogP contribution in [0.25, 0.3) is 0 Å². The Balaban J connectivity index is 1.76. The molecule has 0 aromatic heterocycles. The van der Waals surface area contributed by atoms with E-state index in [0.29, 0.717) is 5.69 Å². The number of carbonyl (C=O) groups is 2. The SMILES string of the molecule is COc1ccc(C(=O)OCC(=O)N2C(C)CCCC2C)cc1S(=O)(=O)Nc1ccc(C)cc1. The van der Waals surface area contributed by atoms with Crippen molar-refractivity contribution < 1.29 is 27.5 Å². The molecule has 9 heteroatoms. The Bertz CT molecular complexity index is 1100. The van der Waals surface area contributed by atoms with Gasteiger partial charge in [0.1, 0.15) is 10.6 Å². The summed E-state index contributed by atoms with van der Waals surface area (Å²) in [6, 6.07) is 11.0. The number of methoxy groups -OCH3 is 1. The molecular formula is C24H30N2O6S. The highest BCUT2D eigenvalue weighted by Crippen LogP contribution is 2.28. The maximum atomic E-state index is 13.0. The number of hydrogen-bond acceptors (Lipinski definition) is 6. The fourth-order valence-electron chi connectivity index (χ4n) is 4.04. The summed E-state index contributed by atoms with van der Waals surface area (Å²) in [6.45, 7) is 5.46. The molecule has 33 heavy (non-hydrogen) atoms. The standard InChI is InChI=1S/C24H30N2O6S/c1-16-8-11-20(12-9-16)25-33(29,30)22-14-19(10-13-21(22)31-4)24(28)32-15-23(27)26-17(2)6-5-7-18(26)3/h8-14,17-18,25H,5-7,15H2,1-4H3. The third kappa shape index (κ3) is 5.84. The van der Waals surface area contributed by atoms with Crippen LogP contribution in [0.5, 0.6) is 5.75 Å². The van der Waals surface area contributed by atoms with Crippen LogP contribution in [0, 0.1) is 6.92 Å². The van der Waals surface area contributed by atoms with Gasteiger partial charge in [-0.2, -0.15) is 0 Å². The number of carbonyl (C=O) groups excluding carboxylic acids is 2. The van der Waals surface area contributed by atoms with Gasteiger partial charge in [-0.3, -0.25) is 9.52 Å². The highest BCUT2D eigenvalue weighted by molar-refractivity contribution is 7.92. The summed E-state index contributed by atoms with van der Waals surface area (Å²) < 4.78 is 38.9. The Labute approximate surface area is 194 Å². The second-order valence-electron chi connectivity index (χ2n) is 8.34. The van der Waals surface area contributed by atoms with Crippen LogP contribution in [0.4, 0.5) is 5.69 Å². The van der Waals surface area contributed by atoms with Gasteiger partial charge >= 0.3 is 5.97 Å². The molecule has 1 N–H and O–H groups in total. The zero-order valence-electron chi connectivity index (χ0n) is 19.3. The molecule has 0 aliphatic carbocycles. The number of anilines is 1. The largest absolute Gasteiger partial charge is 0.495 e. The van der Waals surface area contributed by atoms with Crippen molar-refractivity contribution in [3.05, 3.63) is 53.6 Å². The van der Waals surface area contributed by atoms with Crippen molar-refractivity contribution in [1.29, 1.82) is 0 Å². The molecule has 0 spiro atoms. The third-order valence-electron chi connectivity index (χ3n) is 5.80. The minimum absolute atomic E-state index is 0.00706. The number of aryl methyl sites for hydroxylation is 1. The van der Waals surface area contributed by atoms with Crippen LogP contribution < -0.4 is 9.46 Å². The predicted octanol–water partition coefficient (Wildman–Crippen LogP) is 3.75.